The Morgan fingerprint density at radius 3 is 1.98 bits per heavy atom. The molecule has 230 valence electrons. The van der Waals surface area contributed by atoms with Gasteiger partial charge in [0, 0.05) is 20.6 Å². The molecule has 0 amide bonds. The second-order valence-corrected chi connectivity index (χ2v) is 13.9. The van der Waals surface area contributed by atoms with Crippen LogP contribution in [0.5, 0.6) is 0 Å². The van der Waals surface area contributed by atoms with E-state index < -0.39 is 5.41 Å². The fraction of sp³-hybridized carbons (Fsp3) is 0.0217. The lowest BCUT2D eigenvalue weighted by Crippen LogP contribution is -2.37. The van der Waals surface area contributed by atoms with Crippen molar-refractivity contribution in [2.45, 2.75) is 15.2 Å². The van der Waals surface area contributed by atoms with Crippen molar-refractivity contribution in [2.24, 2.45) is 0 Å². The number of para-hydroxylation sites is 3. The van der Waals surface area contributed by atoms with Gasteiger partial charge >= 0.3 is 0 Å². The van der Waals surface area contributed by atoms with Crippen molar-refractivity contribution in [1.29, 1.82) is 5.41 Å². The smallest absolute Gasteiger partial charge is 0.0764 e. The Morgan fingerprint density at radius 2 is 1.14 bits per heavy atom. The topological polar surface area (TPSA) is 28.8 Å². The molecule has 2 aliphatic rings. The maximum absolute atomic E-state index is 9.08. The zero-order chi connectivity index (χ0) is 32.5. The lowest BCUT2D eigenvalue weighted by Gasteiger charge is -2.45. The van der Waals surface area contributed by atoms with Gasteiger partial charge in [-0.2, -0.15) is 0 Å². The van der Waals surface area contributed by atoms with Gasteiger partial charge in [-0.3, -0.25) is 0 Å². The van der Waals surface area contributed by atoms with Crippen LogP contribution < -0.4 is 0 Å². The average Bonchev–Trinajstić information content (AvgIpc) is 3.51. The zero-order valence-corrected chi connectivity index (χ0v) is 27.4. The highest BCUT2D eigenvalue weighted by atomic mass is 32.2. The van der Waals surface area contributed by atoms with Crippen LogP contribution in [-0.4, -0.2) is 10.3 Å². The zero-order valence-electron chi connectivity index (χ0n) is 26.6. The number of nitrogens with one attached hydrogen (secondary N) is 1. The molecule has 1 spiro atoms. The van der Waals surface area contributed by atoms with Crippen LogP contribution in [0.2, 0.25) is 0 Å². The van der Waals surface area contributed by atoms with Crippen molar-refractivity contribution in [2.75, 3.05) is 0 Å². The first-order valence-corrected chi connectivity index (χ1v) is 17.5. The van der Waals surface area contributed by atoms with Gasteiger partial charge in [0.2, 0.25) is 0 Å². The molecule has 0 saturated carbocycles. The summed E-state index contributed by atoms with van der Waals surface area (Å²) >= 11 is 1.85. The van der Waals surface area contributed by atoms with Gasteiger partial charge in [-0.05, 0) is 74.9 Å². The fourth-order valence-corrected chi connectivity index (χ4v) is 9.52. The van der Waals surface area contributed by atoms with Gasteiger partial charge in [0.25, 0.3) is 0 Å². The van der Waals surface area contributed by atoms with E-state index in [2.05, 4.69) is 138 Å². The summed E-state index contributed by atoms with van der Waals surface area (Å²) in [5.74, 6) is 0. The van der Waals surface area contributed by atoms with Crippen molar-refractivity contribution in [1.82, 2.24) is 4.57 Å². The number of aromatic nitrogens is 1. The monoisotopic (exact) mass is 642 g/mol. The minimum Gasteiger partial charge on any atom is -0.309 e. The highest BCUT2D eigenvalue weighted by Gasteiger charge is 2.49. The minimum absolute atomic E-state index is 0.493. The molecule has 1 N–H and O–H groups in total. The van der Waals surface area contributed by atoms with Crippen LogP contribution in [0.4, 0.5) is 0 Å². The average molecular weight is 643 g/mol. The molecule has 0 fully saturated rings. The Hall–Kier alpha value is -5.90. The van der Waals surface area contributed by atoms with Crippen LogP contribution in [0.1, 0.15) is 38.9 Å². The number of fused-ring (bicyclic) bond motifs is 11. The van der Waals surface area contributed by atoms with Gasteiger partial charge in [-0.1, -0.05) is 157 Å². The summed E-state index contributed by atoms with van der Waals surface area (Å²) < 4.78 is 2.49. The Balaban J connectivity index is 1.28. The molecule has 0 radical (unpaired) electrons. The molecular weight excluding hydrogens is 613 g/mol. The van der Waals surface area contributed by atoms with Gasteiger partial charge in [0.1, 0.15) is 0 Å². The molecular formula is C46H30N2S. The third-order valence-electron chi connectivity index (χ3n) is 10.3. The van der Waals surface area contributed by atoms with Gasteiger partial charge in [0.05, 0.1) is 27.8 Å². The van der Waals surface area contributed by atoms with Crippen LogP contribution >= 0.6 is 11.8 Å². The number of rotatable bonds is 4. The maximum atomic E-state index is 9.08. The van der Waals surface area contributed by atoms with Crippen LogP contribution in [0.25, 0.3) is 33.1 Å². The van der Waals surface area contributed by atoms with Gasteiger partial charge in [-0.25, -0.2) is 0 Å². The van der Waals surface area contributed by atoms with Crippen LogP contribution in [-0.2, 0) is 5.41 Å². The van der Waals surface area contributed by atoms with E-state index in [1.807, 2.05) is 54.2 Å². The molecule has 7 aromatic carbocycles. The molecule has 49 heavy (non-hydrogen) atoms. The van der Waals surface area contributed by atoms with Crippen LogP contribution in [0.3, 0.4) is 0 Å². The molecule has 3 heteroatoms. The number of nitrogens with zero attached hydrogens (tertiary/aromatic N) is 1. The third kappa shape index (κ3) is 4.00. The summed E-state index contributed by atoms with van der Waals surface area (Å²) in [4.78, 5) is 2.51. The lowest BCUT2D eigenvalue weighted by molar-refractivity contribution is 0.689. The van der Waals surface area contributed by atoms with Crippen molar-refractivity contribution in [3.05, 3.63) is 215 Å². The number of hydrogen-bond acceptors (Lipinski definition) is 2. The number of hydrogen-bond donors (Lipinski definition) is 1. The first-order chi connectivity index (χ1) is 24.2. The minimum atomic E-state index is -0.510. The molecule has 0 saturated heterocycles. The Bertz CT molecular complexity index is 2650. The fourth-order valence-electron chi connectivity index (χ4n) is 8.29. The quantitative estimate of drug-likeness (QED) is 0.190. The number of allylic oxidation sites excluding steroid dienone is 1. The SMILES string of the molecule is N=C(/C=C(/c1ccccc1)c1ccc2c(c1)Sc1ccccc1C21c2ccccc2-n2c3ccccc3c3cccc1c32)c1ccccc1. The summed E-state index contributed by atoms with van der Waals surface area (Å²) in [6.45, 7) is 0. The van der Waals surface area contributed by atoms with Crippen molar-refractivity contribution >= 4 is 44.9 Å². The maximum Gasteiger partial charge on any atom is 0.0764 e. The molecule has 1 atom stereocenters. The molecule has 1 unspecified atom stereocenters. The molecule has 1 aromatic heterocycles. The largest absolute Gasteiger partial charge is 0.309 e. The van der Waals surface area contributed by atoms with Gasteiger partial charge in [-0.15, -0.1) is 0 Å². The lowest BCUT2D eigenvalue weighted by atomic mass is 9.62. The highest BCUT2D eigenvalue weighted by molar-refractivity contribution is 7.99. The third-order valence-corrected chi connectivity index (χ3v) is 11.4. The standard InChI is InChI=1S/C46H30N2S/c47-40(31-16-5-2-6-17-31)29-35(30-14-3-1-4-15-30)32-26-27-38-44(28-32)49-43-25-12-9-21-37(43)46(38)36-20-8-11-24-42(36)48-41-23-10-7-18-33(41)34-19-13-22-39(46)45(34)48/h1-29,47H/b35-29-,47-40?. The predicted molar refractivity (Wildman–Crippen MR) is 204 cm³/mol. The summed E-state index contributed by atoms with van der Waals surface area (Å²) in [7, 11) is 0. The molecule has 0 aliphatic carbocycles. The van der Waals surface area contributed by atoms with E-state index in [0.717, 1.165) is 22.3 Å². The first kappa shape index (κ1) is 28.1. The second kappa shape index (κ2) is 10.8. The normalized spacial score (nSPS) is 16.0. The predicted octanol–water partition coefficient (Wildman–Crippen LogP) is 11.4. The molecule has 0 bridgehead atoms. The summed E-state index contributed by atoms with van der Waals surface area (Å²) in [6, 6.07) is 61.2. The molecule has 2 aliphatic heterocycles. The van der Waals surface area contributed by atoms with Gasteiger partial charge in [0.15, 0.2) is 0 Å². The van der Waals surface area contributed by atoms with Crippen LogP contribution in [0.15, 0.2) is 186 Å². The first-order valence-electron chi connectivity index (χ1n) is 16.7. The van der Waals surface area contributed by atoms with E-state index in [9.17, 15) is 0 Å². The Kier molecular flexibility index (Phi) is 6.21. The summed E-state index contributed by atoms with van der Waals surface area (Å²) in [5, 5.41) is 11.6. The van der Waals surface area contributed by atoms with Crippen LogP contribution in [0, 0.1) is 5.41 Å². The molecule has 8 aromatic rings. The summed E-state index contributed by atoms with van der Waals surface area (Å²) in [6.07, 6.45) is 2.03. The van der Waals surface area contributed by atoms with E-state index in [4.69, 9.17) is 5.41 Å². The highest BCUT2D eigenvalue weighted by Crippen LogP contribution is 2.60. The van der Waals surface area contributed by atoms with Gasteiger partial charge < -0.3 is 9.98 Å². The van der Waals surface area contributed by atoms with E-state index in [-0.39, 0.29) is 0 Å². The van der Waals surface area contributed by atoms with E-state index >= 15 is 0 Å². The number of benzene rings is 7. The van der Waals surface area contributed by atoms with Crippen molar-refractivity contribution in [3.8, 4) is 5.69 Å². The Labute approximate surface area is 289 Å². The van der Waals surface area contributed by atoms with E-state index in [1.54, 1.807) is 0 Å². The van der Waals surface area contributed by atoms with Crippen molar-refractivity contribution < 1.29 is 0 Å². The van der Waals surface area contributed by atoms with E-state index in [1.165, 1.54) is 59.5 Å². The second-order valence-electron chi connectivity index (χ2n) is 12.8. The Morgan fingerprint density at radius 1 is 0.510 bits per heavy atom. The molecule has 10 rings (SSSR count). The molecule has 3 heterocycles. The van der Waals surface area contributed by atoms with E-state index in [0.29, 0.717) is 5.71 Å². The molecule has 2 nitrogen and oxygen atoms in total. The van der Waals surface area contributed by atoms with Crippen molar-refractivity contribution in [3.63, 3.8) is 0 Å². The summed E-state index contributed by atoms with van der Waals surface area (Å²) in [5.41, 5.74) is 13.1.